The molecule has 0 amide bonds. The number of rotatable bonds is 6. The maximum Gasteiger partial charge on any atom is 0.303 e. The molecular weight excluding hydrogens is 234 g/mol. The lowest BCUT2D eigenvalue weighted by Crippen LogP contribution is -2.15. The van der Waals surface area contributed by atoms with Crippen molar-refractivity contribution < 1.29 is 19.7 Å². The molecule has 5 heteroatoms. The van der Waals surface area contributed by atoms with Gasteiger partial charge in [-0.25, -0.2) is 0 Å². The number of methoxy groups -OCH3 is 1. The summed E-state index contributed by atoms with van der Waals surface area (Å²) in [7, 11) is 1.47. The third-order valence-corrected chi connectivity index (χ3v) is 2.91. The van der Waals surface area contributed by atoms with Crippen molar-refractivity contribution in [1.82, 2.24) is 0 Å². The average Bonchev–Trinajstić information content (AvgIpc) is 2.35. The van der Waals surface area contributed by atoms with Crippen molar-refractivity contribution in [1.29, 1.82) is 0 Å². The van der Waals surface area contributed by atoms with Gasteiger partial charge in [-0.1, -0.05) is 13.0 Å². The van der Waals surface area contributed by atoms with Crippen LogP contribution in [-0.4, -0.2) is 23.3 Å². The van der Waals surface area contributed by atoms with Gasteiger partial charge in [0.2, 0.25) is 0 Å². The fraction of sp³-hybridized carbons (Fsp3) is 0.462. The Labute approximate surface area is 106 Å². The molecule has 100 valence electrons. The Morgan fingerprint density at radius 1 is 1.50 bits per heavy atom. The summed E-state index contributed by atoms with van der Waals surface area (Å²) in [6.45, 7) is 1.95. The molecule has 1 atom stereocenters. The van der Waals surface area contributed by atoms with E-state index in [1.165, 1.54) is 7.11 Å². The van der Waals surface area contributed by atoms with E-state index in [-0.39, 0.29) is 18.6 Å². The summed E-state index contributed by atoms with van der Waals surface area (Å²) < 4.78 is 5.04. The molecule has 5 nitrogen and oxygen atoms in total. The Balaban J connectivity index is 3.07. The predicted octanol–water partition coefficient (Wildman–Crippen LogP) is 1.83. The van der Waals surface area contributed by atoms with Crippen LogP contribution in [0, 0.1) is 0 Å². The van der Waals surface area contributed by atoms with Crippen molar-refractivity contribution in [2.45, 2.75) is 32.2 Å². The lowest BCUT2D eigenvalue weighted by molar-refractivity contribution is -0.137. The molecule has 0 radical (unpaired) electrons. The number of phenols is 1. The monoisotopic (exact) mass is 253 g/mol. The van der Waals surface area contributed by atoms with Crippen LogP contribution in [0.5, 0.6) is 11.5 Å². The topological polar surface area (TPSA) is 92.8 Å². The summed E-state index contributed by atoms with van der Waals surface area (Å²) in [4.78, 5) is 10.6. The fourth-order valence-corrected chi connectivity index (χ4v) is 1.94. The zero-order valence-corrected chi connectivity index (χ0v) is 10.6. The number of carboxylic acid groups (broad SMARTS) is 1. The Morgan fingerprint density at radius 2 is 2.17 bits per heavy atom. The number of benzene rings is 1. The third-order valence-electron chi connectivity index (χ3n) is 2.91. The molecule has 0 bridgehead atoms. The van der Waals surface area contributed by atoms with Gasteiger partial charge >= 0.3 is 5.97 Å². The number of aryl methyl sites for hydroxylation is 1. The fourth-order valence-electron chi connectivity index (χ4n) is 1.94. The van der Waals surface area contributed by atoms with Crippen molar-refractivity contribution in [2.24, 2.45) is 5.73 Å². The number of carboxylic acids is 1. The van der Waals surface area contributed by atoms with Crippen LogP contribution in [0.15, 0.2) is 12.1 Å². The third kappa shape index (κ3) is 3.13. The van der Waals surface area contributed by atoms with E-state index in [4.69, 9.17) is 15.6 Å². The molecule has 0 fully saturated rings. The SMILES string of the molecule is CCc1ccc(OC)c(O)c1C(N)CCC(=O)O. The Morgan fingerprint density at radius 3 is 2.67 bits per heavy atom. The van der Waals surface area contributed by atoms with Gasteiger partial charge < -0.3 is 20.7 Å². The summed E-state index contributed by atoms with van der Waals surface area (Å²) in [6.07, 6.45) is 0.970. The van der Waals surface area contributed by atoms with Gasteiger partial charge in [0.15, 0.2) is 11.5 Å². The summed E-state index contributed by atoms with van der Waals surface area (Å²) in [5.74, 6) is -0.534. The molecule has 0 saturated carbocycles. The molecule has 0 aliphatic heterocycles. The van der Waals surface area contributed by atoms with E-state index in [9.17, 15) is 9.90 Å². The predicted molar refractivity (Wildman–Crippen MR) is 67.8 cm³/mol. The van der Waals surface area contributed by atoms with E-state index in [1.54, 1.807) is 6.07 Å². The van der Waals surface area contributed by atoms with Gasteiger partial charge in [-0.2, -0.15) is 0 Å². The Bertz CT molecular complexity index is 431. The van der Waals surface area contributed by atoms with Crippen molar-refractivity contribution >= 4 is 5.97 Å². The summed E-state index contributed by atoms with van der Waals surface area (Å²) in [6, 6.07) is 3.02. The normalized spacial score (nSPS) is 12.2. The molecule has 4 N–H and O–H groups in total. The van der Waals surface area contributed by atoms with Crippen LogP contribution in [-0.2, 0) is 11.2 Å². The van der Waals surface area contributed by atoms with Crippen LogP contribution in [0.25, 0.3) is 0 Å². The molecule has 1 unspecified atom stereocenters. The summed E-state index contributed by atoms with van der Waals surface area (Å²) in [5, 5.41) is 18.7. The average molecular weight is 253 g/mol. The van der Waals surface area contributed by atoms with Crippen LogP contribution < -0.4 is 10.5 Å². The van der Waals surface area contributed by atoms with Gasteiger partial charge in [0.05, 0.1) is 7.11 Å². The Hall–Kier alpha value is -1.75. The summed E-state index contributed by atoms with van der Waals surface area (Å²) >= 11 is 0. The van der Waals surface area contributed by atoms with Crippen molar-refractivity contribution in [3.05, 3.63) is 23.3 Å². The number of carbonyl (C=O) groups is 1. The number of aliphatic carboxylic acids is 1. The first-order chi connectivity index (χ1) is 8.51. The van der Waals surface area contributed by atoms with E-state index in [2.05, 4.69) is 0 Å². The van der Waals surface area contributed by atoms with E-state index < -0.39 is 12.0 Å². The highest BCUT2D eigenvalue weighted by atomic mass is 16.5. The number of hydrogen-bond acceptors (Lipinski definition) is 4. The highest BCUT2D eigenvalue weighted by molar-refractivity contribution is 5.66. The molecule has 1 aromatic rings. The van der Waals surface area contributed by atoms with Crippen LogP contribution in [0.1, 0.15) is 36.9 Å². The summed E-state index contributed by atoms with van der Waals surface area (Å²) in [5.41, 5.74) is 7.46. The number of phenolic OH excluding ortho intramolecular Hbond substituents is 1. The number of ether oxygens (including phenoxy) is 1. The van der Waals surface area contributed by atoms with E-state index in [0.29, 0.717) is 17.7 Å². The minimum Gasteiger partial charge on any atom is -0.504 e. The van der Waals surface area contributed by atoms with Gasteiger partial charge in [-0.3, -0.25) is 4.79 Å². The second kappa shape index (κ2) is 6.26. The van der Waals surface area contributed by atoms with E-state index in [1.807, 2.05) is 13.0 Å². The van der Waals surface area contributed by atoms with Crippen LogP contribution >= 0.6 is 0 Å². The van der Waals surface area contributed by atoms with Crippen LogP contribution in [0.4, 0.5) is 0 Å². The largest absolute Gasteiger partial charge is 0.504 e. The van der Waals surface area contributed by atoms with Crippen LogP contribution in [0.2, 0.25) is 0 Å². The van der Waals surface area contributed by atoms with Gasteiger partial charge in [-0.05, 0) is 24.5 Å². The maximum absolute atomic E-state index is 10.6. The second-order valence-electron chi connectivity index (χ2n) is 4.08. The number of nitrogens with two attached hydrogens (primary N) is 1. The van der Waals surface area contributed by atoms with Crippen LogP contribution in [0.3, 0.4) is 0 Å². The molecular formula is C13H19NO4. The van der Waals surface area contributed by atoms with Gasteiger partial charge in [0.25, 0.3) is 0 Å². The maximum atomic E-state index is 10.6. The molecule has 1 rings (SSSR count). The van der Waals surface area contributed by atoms with E-state index in [0.717, 1.165) is 5.56 Å². The first-order valence-corrected chi connectivity index (χ1v) is 5.87. The van der Waals surface area contributed by atoms with Gasteiger partial charge in [0, 0.05) is 18.0 Å². The minimum atomic E-state index is -0.897. The molecule has 0 aliphatic carbocycles. The smallest absolute Gasteiger partial charge is 0.303 e. The molecule has 0 aliphatic rings. The standard InChI is InChI=1S/C13H19NO4/c1-3-8-4-6-10(18-2)13(17)12(8)9(14)5-7-11(15)16/h4,6,9,17H,3,5,7,14H2,1-2H3,(H,15,16). The molecule has 0 heterocycles. The highest BCUT2D eigenvalue weighted by Gasteiger charge is 2.19. The van der Waals surface area contributed by atoms with Crippen molar-refractivity contribution in [2.75, 3.05) is 7.11 Å². The number of aromatic hydroxyl groups is 1. The highest BCUT2D eigenvalue weighted by Crippen LogP contribution is 2.37. The first kappa shape index (κ1) is 14.3. The zero-order valence-electron chi connectivity index (χ0n) is 10.6. The molecule has 0 spiro atoms. The molecule has 1 aromatic carbocycles. The quantitative estimate of drug-likeness (QED) is 0.719. The van der Waals surface area contributed by atoms with Gasteiger partial charge in [0.1, 0.15) is 0 Å². The minimum absolute atomic E-state index is 0.00902. The lowest BCUT2D eigenvalue weighted by Gasteiger charge is -2.18. The Kier molecular flexibility index (Phi) is 4.97. The molecule has 0 aromatic heterocycles. The zero-order chi connectivity index (χ0) is 13.7. The number of hydrogen-bond donors (Lipinski definition) is 3. The molecule has 18 heavy (non-hydrogen) atoms. The first-order valence-electron chi connectivity index (χ1n) is 5.87. The lowest BCUT2D eigenvalue weighted by atomic mass is 9.94. The second-order valence-corrected chi connectivity index (χ2v) is 4.08. The van der Waals surface area contributed by atoms with E-state index >= 15 is 0 Å². The van der Waals surface area contributed by atoms with Gasteiger partial charge in [-0.15, -0.1) is 0 Å². The molecule has 0 saturated heterocycles. The van der Waals surface area contributed by atoms with Crippen molar-refractivity contribution in [3.63, 3.8) is 0 Å². The van der Waals surface area contributed by atoms with Crippen molar-refractivity contribution in [3.8, 4) is 11.5 Å².